The van der Waals surface area contributed by atoms with E-state index in [9.17, 15) is 14.3 Å². The van der Waals surface area contributed by atoms with Crippen LogP contribution in [0.1, 0.15) is 29.9 Å². The molecule has 5 nitrogen and oxygen atoms in total. The molecule has 0 saturated heterocycles. The van der Waals surface area contributed by atoms with Crippen molar-refractivity contribution in [3.05, 3.63) is 71.8 Å². The van der Waals surface area contributed by atoms with Gasteiger partial charge in [-0.05, 0) is 60.7 Å². The van der Waals surface area contributed by atoms with Crippen molar-refractivity contribution in [2.75, 3.05) is 5.32 Å². The van der Waals surface area contributed by atoms with Crippen LogP contribution in [-0.2, 0) is 11.2 Å². The molecular formula is C20H18FN3O2. The van der Waals surface area contributed by atoms with Gasteiger partial charge in [-0.25, -0.2) is 9.07 Å². The van der Waals surface area contributed by atoms with Gasteiger partial charge >= 0.3 is 0 Å². The van der Waals surface area contributed by atoms with Gasteiger partial charge in [0.05, 0.1) is 5.92 Å². The molecule has 0 radical (unpaired) electrons. The molecule has 4 rings (SSSR count). The number of nitrogens with one attached hydrogen (secondary N) is 1. The number of carbonyl (C=O) groups excluding carboxylic acids is 1. The number of hydrogen-bond acceptors (Lipinski definition) is 3. The minimum atomic E-state index is -0.465. The number of fused-ring (bicyclic) bond motifs is 1. The molecule has 0 bridgehead atoms. The third-order valence-electron chi connectivity index (χ3n) is 4.77. The highest BCUT2D eigenvalue weighted by Crippen LogP contribution is 2.36. The number of anilines is 1. The second kappa shape index (κ2) is 6.63. The third kappa shape index (κ3) is 2.94. The molecule has 1 aromatic heterocycles. The molecule has 0 fully saturated rings. The maximum Gasteiger partial charge on any atom is 0.231 e. The van der Waals surface area contributed by atoms with Gasteiger partial charge in [0.1, 0.15) is 11.4 Å². The lowest BCUT2D eigenvalue weighted by atomic mass is 9.82. The van der Waals surface area contributed by atoms with Gasteiger partial charge in [-0.15, -0.1) is 0 Å². The fourth-order valence-corrected chi connectivity index (χ4v) is 3.51. The number of hydrogen-bond donors (Lipinski definition) is 2. The molecule has 0 saturated carbocycles. The predicted molar refractivity (Wildman–Crippen MR) is 95.9 cm³/mol. The minimum Gasteiger partial charge on any atom is -0.508 e. The van der Waals surface area contributed by atoms with Crippen molar-refractivity contribution in [3.63, 3.8) is 0 Å². The summed E-state index contributed by atoms with van der Waals surface area (Å²) in [7, 11) is 0. The molecule has 0 spiro atoms. The van der Waals surface area contributed by atoms with E-state index < -0.39 is 5.82 Å². The van der Waals surface area contributed by atoms with E-state index in [0.29, 0.717) is 17.8 Å². The Morgan fingerprint density at radius 3 is 2.92 bits per heavy atom. The molecule has 1 unspecified atom stereocenters. The summed E-state index contributed by atoms with van der Waals surface area (Å²) in [6, 6.07) is 11.5. The van der Waals surface area contributed by atoms with Crippen molar-refractivity contribution in [1.29, 1.82) is 0 Å². The van der Waals surface area contributed by atoms with Gasteiger partial charge in [0, 0.05) is 18.1 Å². The van der Waals surface area contributed by atoms with E-state index >= 15 is 0 Å². The van der Waals surface area contributed by atoms with Crippen LogP contribution in [0, 0.1) is 5.82 Å². The normalized spacial score (nSPS) is 16.1. The van der Waals surface area contributed by atoms with Crippen molar-refractivity contribution >= 4 is 11.6 Å². The van der Waals surface area contributed by atoms with Crippen molar-refractivity contribution in [3.8, 4) is 11.4 Å². The lowest BCUT2D eigenvalue weighted by molar-refractivity contribution is -0.117. The Bertz CT molecular complexity index is 954. The number of carbonyl (C=O) groups is 1. The summed E-state index contributed by atoms with van der Waals surface area (Å²) in [6.07, 6.45) is 5.53. The second-order valence-electron chi connectivity index (χ2n) is 6.40. The fraction of sp³-hybridized carbons (Fsp3) is 0.200. The summed E-state index contributed by atoms with van der Waals surface area (Å²) in [5, 5.41) is 16.8. The summed E-state index contributed by atoms with van der Waals surface area (Å²) in [4.78, 5) is 12.7. The smallest absolute Gasteiger partial charge is 0.231 e. The molecule has 2 N–H and O–H groups in total. The van der Waals surface area contributed by atoms with Crippen LogP contribution in [-0.4, -0.2) is 20.8 Å². The van der Waals surface area contributed by atoms with Crippen molar-refractivity contribution in [2.45, 2.75) is 25.2 Å². The molecule has 26 heavy (non-hydrogen) atoms. The molecule has 132 valence electrons. The van der Waals surface area contributed by atoms with E-state index in [4.69, 9.17) is 0 Å². The van der Waals surface area contributed by atoms with Crippen LogP contribution in [0.2, 0.25) is 0 Å². The van der Waals surface area contributed by atoms with E-state index in [1.807, 2.05) is 6.07 Å². The Kier molecular flexibility index (Phi) is 4.16. The first-order valence-electron chi connectivity index (χ1n) is 8.54. The first-order valence-corrected chi connectivity index (χ1v) is 8.54. The highest BCUT2D eigenvalue weighted by Gasteiger charge is 2.28. The summed E-state index contributed by atoms with van der Waals surface area (Å²) < 4.78 is 15.8. The number of aromatic hydroxyl groups is 1. The standard InChI is InChI=1S/C20H18FN3O2/c21-17-12-13(8-9-18(17)24-11-3-10-22-24)23-20(26)16-6-1-5-15-14(16)4-2-7-19(15)25/h2-4,7-12,16,25H,1,5-6H2,(H,23,26). The number of benzene rings is 2. The zero-order chi connectivity index (χ0) is 18.1. The van der Waals surface area contributed by atoms with Crippen LogP contribution < -0.4 is 5.32 Å². The number of halogens is 1. The molecule has 3 aromatic rings. The lowest BCUT2D eigenvalue weighted by Gasteiger charge is -2.25. The first-order chi connectivity index (χ1) is 12.6. The minimum absolute atomic E-state index is 0.192. The van der Waals surface area contributed by atoms with Crippen LogP contribution in [0.4, 0.5) is 10.1 Å². The van der Waals surface area contributed by atoms with Crippen LogP contribution in [0.15, 0.2) is 54.9 Å². The van der Waals surface area contributed by atoms with Crippen LogP contribution in [0.25, 0.3) is 5.69 Å². The molecule has 1 atom stereocenters. The van der Waals surface area contributed by atoms with E-state index in [1.165, 1.54) is 10.7 Å². The molecule has 1 aliphatic carbocycles. The molecule has 1 aliphatic rings. The second-order valence-corrected chi connectivity index (χ2v) is 6.40. The molecule has 1 heterocycles. The number of amides is 1. The summed E-state index contributed by atoms with van der Waals surface area (Å²) in [5.41, 5.74) is 2.40. The SMILES string of the molecule is O=C(Nc1ccc(-n2cccn2)c(F)c1)C1CCCc2c(O)cccc21. The van der Waals surface area contributed by atoms with E-state index in [2.05, 4.69) is 10.4 Å². The molecule has 2 aromatic carbocycles. The monoisotopic (exact) mass is 351 g/mol. The first kappa shape index (κ1) is 16.3. The van der Waals surface area contributed by atoms with E-state index in [1.54, 1.807) is 42.7 Å². The van der Waals surface area contributed by atoms with Crippen LogP contribution in [0.5, 0.6) is 5.75 Å². The molecule has 0 aliphatic heterocycles. The van der Waals surface area contributed by atoms with Gasteiger partial charge in [0.2, 0.25) is 5.91 Å². The summed E-state index contributed by atoms with van der Waals surface area (Å²) in [5.74, 6) is -0.773. The van der Waals surface area contributed by atoms with Gasteiger partial charge < -0.3 is 10.4 Å². The van der Waals surface area contributed by atoms with Crippen molar-refractivity contribution in [2.24, 2.45) is 0 Å². The molecular weight excluding hydrogens is 333 g/mol. The van der Waals surface area contributed by atoms with Crippen LogP contribution >= 0.6 is 0 Å². The van der Waals surface area contributed by atoms with Gasteiger partial charge in [0.25, 0.3) is 0 Å². The Labute approximate surface area is 150 Å². The number of phenolic OH excluding ortho intramolecular Hbond substituents is 1. The topological polar surface area (TPSA) is 67.2 Å². The number of rotatable bonds is 3. The Morgan fingerprint density at radius 2 is 2.15 bits per heavy atom. The average Bonchev–Trinajstić information content (AvgIpc) is 3.16. The highest BCUT2D eigenvalue weighted by atomic mass is 19.1. The van der Waals surface area contributed by atoms with Crippen LogP contribution in [0.3, 0.4) is 0 Å². The zero-order valence-corrected chi connectivity index (χ0v) is 14.0. The predicted octanol–water partition coefficient (Wildman–Crippen LogP) is 3.78. The molecule has 6 heteroatoms. The number of nitrogens with zero attached hydrogens (tertiary/aromatic N) is 2. The van der Waals surface area contributed by atoms with Crippen molar-refractivity contribution in [1.82, 2.24) is 9.78 Å². The summed E-state index contributed by atoms with van der Waals surface area (Å²) >= 11 is 0. The Balaban J connectivity index is 1.56. The van der Waals surface area contributed by atoms with Gasteiger partial charge in [0.15, 0.2) is 5.82 Å². The van der Waals surface area contributed by atoms with Gasteiger partial charge in [-0.2, -0.15) is 5.10 Å². The van der Waals surface area contributed by atoms with E-state index in [-0.39, 0.29) is 17.6 Å². The fourth-order valence-electron chi connectivity index (χ4n) is 3.51. The number of aromatic nitrogens is 2. The third-order valence-corrected chi connectivity index (χ3v) is 4.77. The highest BCUT2D eigenvalue weighted by molar-refractivity contribution is 5.96. The van der Waals surface area contributed by atoms with Gasteiger partial charge in [-0.3, -0.25) is 4.79 Å². The maximum absolute atomic E-state index is 14.4. The van der Waals surface area contributed by atoms with Crippen molar-refractivity contribution < 1.29 is 14.3 Å². The largest absolute Gasteiger partial charge is 0.508 e. The quantitative estimate of drug-likeness (QED) is 0.755. The maximum atomic E-state index is 14.4. The average molecular weight is 351 g/mol. The molecule has 1 amide bonds. The number of phenols is 1. The Morgan fingerprint density at radius 1 is 1.27 bits per heavy atom. The Hall–Kier alpha value is -3.15. The lowest BCUT2D eigenvalue weighted by Crippen LogP contribution is -2.24. The van der Waals surface area contributed by atoms with E-state index in [0.717, 1.165) is 24.0 Å². The summed E-state index contributed by atoms with van der Waals surface area (Å²) in [6.45, 7) is 0. The zero-order valence-electron chi connectivity index (χ0n) is 14.0. The van der Waals surface area contributed by atoms with Gasteiger partial charge in [-0.1, -0.05) is 12.1 Å².